The minimum absolute atomic E-state index is 0.0954. The Morgan fingerprint density at radius 1 is 1.47 bits per heavy atom. The van der Waals surface area contributed by atoms with E-state index in [9.17, 15) is 9.70 Å². The number of rotatable bonds is 4. The van der Waals surface area contributed by atoms with Crippen LogP contribution in [0.15, 0.2) is 5.18 Å². The fourth-order valence-electron chi connectivity index (χ4n) is 1.39. The van der Waals surface area contributed by atoms with E-state index in [0.29, 0.717) is 26.1 Å². The number of ether oxygens (including phenoxy) is 2. The fraction of sp³-hybridized carbons (Fsp3) is 0.700. The maximum absolute atomic E-state index is 11.3. The first-order chi connectivity index (χ1) is 7.08. The first-order valence-corrected chi connectivity index (χ1v) is 4.88. The second kappa shape index (κ2) is 5.21. The zero-order chi connectivity index (χ0) is 11.3. The maximum atomic E-state index is 11.3. The molecule has 0 atom stereocenters. The van der Waals surface area contributed by atoms with Crippen molar-refractivity contribution in [3.63, 3.8) is 0 Å². The minimum Gasteiger partial charge on any atom is -0.433 e. The molecule has 0 amide bonds. The number of nitrogens with zero attached hydrogens (tertiary/aromatic N) is 1. The normalized spacial score (nSPS) is 19.9. The smallest absolute Gasteiger partial charge is 0.308 e. The summed E-state index contributed by atoms with van der Waals surface area (Å²) in [6, 6.07) is 0. The predicted octanol–water partition coefficient (Wildman–Crippen LogP) is 1.48. The molecule has 0 aromatic carbocycles. The summed E-state index contributed by atoms with van der Waals surface area (Å²) in [6.45, 7) is 7.92. The van der Waals surface area contributed by atoms with Crippen LogP contribution >= 0.6 is 0 Å². The number of nitroso groups, excluding NO2 is 1. The van der Waals surface area contributed by atoms with Crippen LogP contribution < -0.4 is 0 Å². The van der Waals surface area contributed by atoms with Crippen LogP contribution in [0, 0.1) is 24.7 Å². The second-order valence-electron chi connectivity index (χ2n) is 3.69. The van der Waals surface area contributed by atoms with Gasteiger partial charge in [0.2, 0.25) is 5.72 Å². The van der Waals surface area contributed by atoms with Crippen molar-refractivity contribution in [3.8, 4) is 0 Å². The summed E-state index contributed by atoms with van der Waals surface area (Å²) < 4.78 is 10.1. The highest BCUT2D eigenvalue weighted by Crippen LogP contribution is 2.27. The Kier molecular flexibility index (Phi) is 4.20. The molecule has 0 unspecified atom stereocenters. The Morgan fingerprint density at radius 2 is 2.07 bits per heavy atom. The lowest BCUT2D eigenvalue weighted by Crippen LogP contribution is -2.39. The van der Waals surface area contributed by atoms with Gasteiger partial charge < -0.3 is 9.47 Å². The average Bonchev–Trinajstić information content (AvgIpc) is 2.17. The molecule has 1 aliphatic rings. The van der Waals surface area contributed by atoms with Crippen molar-refractivity contribution in [2.75, 3.05) is 13.2 Å². The van der Waals surface area contributed by atoms with Crippen molar-refractivity contribution in [3.05, 3.63) is 18.8 Å². The van der Waals surface area contributed by atoms with Gasteiger partial charge in [0.15, 0.2) is 0 Å². The zero-order valence-electron chi connectivity index (χ0n) is 8.61. The van der Waals surface area contributed by atoms with Crippen LogP contribution in [0.25, 0.3) is 0 Å². The van der Waals surface area contributed by atoms with Gasteiger partial charge in [0, 0.05) is 19.3 Å². The van der Waals surface area contributed by atoms with Crippen LogP contribution in [0.1, 0.15) is 19.3 Å². The molecule has 1 saturated heterocycles. The summed E-state index contributed by atoms with van der Waals surface area (Å²) in [7, 11) is 0. The third-order valence-electron chi connectivity index (χ3n) is 2.20. The van der Waals surface area contributed by atoms with Gasteiger partial charge in [-0.25, -0.2) is 0 Å². The van der Waals surface area contributed by atoms with Crippen LogP contribution in [0.4, 0.5) is 0 Å². The van der Waals surface area contributed by atoms with Gasteiger partial charge >= 0.3 is 5.97 Å². The number of carbonyl (C=O) groups is 1. The molecule has 1 rings (SSSR count). The highest BCUT2D eigenvalue weighted by Gasteiger charge is 2.38. The van der Waals surface area contributed by atoms with Crippen molar-refractivity contribution >= 4 is 5.97 Å². The van der Waals surface area contributed by atoms with E-state index in [0.717, 1.165) is 0 Å². The van der Waals surface area contributed by atoms with Gasteiger partial charge in [-0.05, 0) is 24.9 Å². The van der Waals surface area contributed by atoms with Gasteiger partial charge in [-0.2, -0.15) is 0 Å². The molecule has 1 heterocycles. The van der Waals surface area contributed by atoms with Crippen LogP contribution in [0.2, 0.25) is 0 Å². The van der Waals surface area contributed by atoms with Gasteiger partial charge in [0.25, 0.3) is 0 Å². The standard InChI is InChI=1S/C10H15NO4/c1-8(2)7-9(12)15-10(11-13)3-5-14-6-4-10/h8H,1-7H2. The monoisotopic (exact) mass is 213 g/mol. The van der Waals surface area contributed by atoms with E-state index < -0.39 is 11.7 Å². The minimum atomic E-state index is -1.23. The van der Waals surface area contributed by atoms with Crippen molar-refractivity contribution in [1.82, 2.24) is 0 Å². The van der Waals surface area contributed by atoms with Crippen molar-refractivity contribution in [2.45, 2.75) is 25.0 Å². The lowest BCUT2D eigenvalue weighted by Gasteiger charge is -2.29. The number of hydrogen-bond donors (Lipinski definition) is 0. The molecule has 84 valence electrons. The second-order valence-corrected chi connectivity index (χ2v) is 3.69. The first-order valence-electron chi connectivity index (χ1n) is 4.88. The number of hydrogen-bond acceptors (Lipinski definition) is 5. The Labute approximate surface area is 89.1 Å². The fourth-order valence-corrected chi connectivity index (χ4v) is 1.39. The van der Waals surface area contributed by atoms with Crippen molar-refractivity contribution in [2.24, 2.45) is 11.1 Å². The van der Waals surface area contributed by atoms with E-state index in [1.54, 1.807) is 0 Å². The van der Waals surface area contributed by atoms with Gasteiger partial charge in [0.1, 0.15) is 0 Å². The predicted molar refractivity (Wildman–Crippen MR) is 53.5 cm³/mol. The van der Waals surface area contributed by atoms with E-state index in [2.05, 4.69) is 19.0 Å². The molecule has 0 spiro atoms. The molecule has 15 heavy (non-hydrogen) atoms. The molecule has 0 N–H and O–H groups in total. The largest absolute Gasteiger partial charge is 0.433 e. The third kappa shape index (κ3) is 3.58. The van der Waals surface area contributed by atoms with Crippen LogP contribution in [-0.2, 0) is 14.3 Å². The topological polar surface area (TPSA) is 65.0 Å². The lowest BCUT2D eigenvalue weighted by molar-refractivity contribution is -0.168. The van der Waals surface area contributed by atoms with E-state index in [-0.39, 0.29) is 12.3 Å². The van der Waals surface area contributed by atoms with Crippen molar-refractivity contribution in [1.29, 1.82) is 0 Å². The van der Waals surface area contributed by atoms with Crippen LogP contribution in [0.3, 0.4) is 0 Å². The Hall–Kier alpha value is -0.970. The molecule has 1 fully saturated rings. The van der Waals surface area contributed by atoms with Crippen molar-refractivity contribution < 1.29 is 14.3 Å². The maximum Gasteiger partial charge on any atom is 0.308 e. The zero-order valence-corrected chi connectivity index (χ0v) is 8.61. The van der Waals surface area contributed by atoms with E-state index in [4.69, 9.17) is 9.47 Å². The molecule has 2 radical (unpaired) electrons. The summed E-state index contributed by atoms with van der Waals surface area (Å²) in [5.41, 5.74) is -1.23. The molecule has 0 bridgehead atoms. The third-order valence-corrected chi connectivity index (χ3v) is 2.20. The molecule has 5 nitrogen and oxygen atoms in total. The van der Waals surface area contributed by atoms with E-state index in [1.165, 1.54) is 0 Å². The van der Waals surface area contributed by atoms with Crippen LogP contribution in [-0.4, -0.2) is 24.9 Å². The van der Waals surface area contributed by atoms with E-state index in [1.807, 2.05) is 0 Å². The highest BCUT2D eigenvalue weighted by molar-refractivity contribution is 5.70. The number of carbonyl (C=O) groups excluding carboxylic acids is 1. The molecule has 0 aromatic heterocycles. The molecule has 5 heteroatoms. The first kappa shape index (κ1) is 12.1. The Morgan fingerprint density at radius 3 is 2.53 bits per heavy atom. The van der Waals surface area contributed by atoms with Gasteiger partial charge in [-0.3, -0.25) is 4.79 Å². The van der Waals surface area contributed by atoms with Gasteiger partial charge in [0.05, 0.1) is 13.2 Å². The molecular formula is C10H15NO4. The summed E-state index contributed by atoms with van der Waals surface area (Å²) in [5.74, 6) is -0.757. The summed E-state index contributed by atoms with van der Waals surface area (Å²) in [4.78, 5) is 22.0. The summed E-state index contributed by atoms with van der Waals surface area (Å²) in [6.07, 6.45) is 0.737. The van der Waals surface area contributed by atoms with Crippen LogP contribution in [0.5, 0.6) is 0 Å². The Balaban J connectivity index is 2.51. The van der Waals surface area contributed by atoms with Gasteiger partial charge in [-0.15, -0.1) is 4.91 Å². The number of esters is 1. The average molecular weight is 213 g/mol. The van der Waals surface area contributed by atoms with E-state index >= 15 is 0 Å². The molecule has 0 aliphatic carbocycles. The highest BCUT2D eigenvalue weighted by atomic mass is 16.6. The summed E-state index contributed by atoms with van der Waals surface area (Å²) >= 11 is 0. The lowest BCUT2D eigenvalue weighted by atomic mass is 10.1. The Bertz CT molecular complexity index is 234. The molecule has 0 saturated carbocycles. The quantitative estimate of drug-likeness (QED) is 0.524. The summed E-state index contributed by atoms with van der Waals surface area (Å²) in [5, 5.41) is 2.91. The molecule has 0 aromatic rings. The molecular weight excluding hydrogens is 198 g/mol. The molecule has 1 aliphatic heterocycles. The van der Waals surface area contributed by atoms with Gasteiger partial charge in [-0.1, -0.05) is 0 Å². The SMILES string of the molecule is [CH2]C([CH2])CC(=O)OC1(N=O)CCOCC1.